The number of H-pyrrole nitrogens is 1. The van der Waals surface area contributed by atoms with E-state index in [1.807, 2.05) is 29.8 Å². The predicted molar refractivity (Wildman–Crippen MR) is 138 cm³/mol. The summed E-state index contributed by atoms with van der Waals surface area (Å²) in [5, 5.41) is 13.8. The maximum absolute atomic E-state index is 13.5. The number of hydrogen-bond donors (Lipinski definition) is 1. The van der Waals surface area contributed by atoms with E-state index in [1.165, 1.54) is 5.69 Å². The molecule has 2 aliphatic heterocycles. The van der Waals surface area contributed by atoms with Crippen LogP contribution in [0.15, 0.2) is 59.4 Å². The van der Waals surface area contributed by atoms with E-state index >= 15 is 0 Å². The van der Waals surface area contributed by atoms with Crippen molar-refractivity contribution in [3.8, 4) is 0 Å². The number of benzene rings is 2. The Labute approximate surface area is 209 Å². The fourth-order valence-corrected chi connectivity index (χ4v) is 5.43. The number of anilines is 1. The molecule has 1 N–H and O–H groups in total. The van der Waals surface area contributed by atoms with Gasteiger partial charge in [0.15, 0.2) is 5.82 Å². The molecule has 186 valence electrons. The highest BCUT2D eigenvalue weighted by molar-refractivity contribution is 5.79. The van der Waals surface area contributed by atoms with Crippen LogP contribution in [0.3, 0.4) is 0 Å². The van der Waals surface area contributed by atoms with Gasteiger partial charge in [-0.3, -0.25) is 9.69 Å². The quantitative estimate of drug-likeness (QED) is 0.449. The number of piperazine rings is 1. The lowest BCUT2D eigenvalue weighted by Gasteiger charge is -2.39. The zero-order valence-electron chi connectivity index (χ0n) is 20.5. The number of rotatable bonds is 6. The van der Waals surface area contributed by atoms with Crippen LogP contribution >= 0.6 is 0 Å². The van der Waals surface area contributed by atoms with Crippen LogP contribution in [0.5, 0.6) is 0 Å². The third kappa shape index (κ3) is 4.52. The van der Waals surface area contributed by atoms with Gasteiger partial charge in [-0.25, -0.2) is 4.68 Å². The molecule has 9 nitrogen and oxygen atoms in total. The van der Waals surface area contributed by atoms with E-state index in [2.05, 4.69) is 66.7 Å². The highest BCUT2D eigenvalue weighted by Crippen LogP contribution is 2.29. The maximum Gasteiger partial charge on any atom is 0.253 e. The molecule has 9 heteroatoms. The number of aromatic nitrogens is 5. The minimum absolute atomic E-state index is 0.0979. The van der Waals surface area contributed by atoms with Gasteiger partial charge in [-0.05, 0) is 65.4 Å². The van der Waals surface area contributed by atoms with Gasteiger partial charge in [0.1, 0.15) is 6.04 Å². The molecule has 0 bridgehead atoms. The second-order valence-electron chi connectivity index (χ2n) is 9.76. The van der Waals surface area contributed by atoms with E-state index in [0.717, 1.165) is 62.1 Å². The van der Waals surface area contributed by atoms with Gasteiger partial charge in [-0.1, -0.05) is 30.3 Å². The Hall–Kier alpha value is -3.56. The molecule has 2 aromatic carbocycles. The van der Waals surface area contributed by atoms with Crippen molar-refractivity contribution in [2.75, 3.05) is 37.7 Å². The lowest BCUT2D eigenvalue weighted by atomic mass is 10.0. The normalized spacial score (nSPS) is 19.7. The summed E-state index contributed by atoms with van der Waals surface area (Å²) in [7, 11) is 0. The van der Waals surface area contributed by atoms with Gasteiger partial charge >= 0.3 is 0 Å². The molecule has 2 aromatic heterocycles. The number of hydrogen-bond acceptors (Lipinski definition) is 7. The van der Waals surface area contributed by atoms with Crippen LogP contribution in [0.4, 0.5) is 5.69 Å². The van der Waals surface area contributed by atoms with Gasteiger partial charge in [-0.2, -0.15) is 0 Å². The number of aromatic amines is 1. The molecule has 4 aromatic rings. The summed E-state index contributed by atoms with van der Waals surface area (Å²) in [6.07, 6.45) is 2.15. The van der Waals surface area contributed by atoms with Crippen LogP contribution in [-0.2, 0) is 11.3 Å². The van der Waals surface area contributed by atoms with E-state index in [4.69, 9.17) is 4.74 Å². The van der Waals surface area contributed by atoms with E-state index in [9.17, 15) is 4.79 Å². The van der Waals surface area contributed by atoms with Crippen LogP contribution in [0.2, 0.25) is 0 Å². The fourth-order valence-electron chi connectivity index (χ4n) is 5.43. The van der Waals surface area contributed by atoms with E-state index in [0.29, 0.717) is 17.9 Å². The largest absolute Gasteiger partial charge is 0.376 e. The van der Waals surface area contributed by atoms with Crippen LogP contribution in [0.1, 0.15) is 35.8 Å². The number of ether oxygens (including phenoxy) is 1. The highest BCUT2D eigenvalue weighted by atomic mass is 16.5. The Balaban J connectivity index is 1.37. The number of tetrazole rings is 1. The molecule has 0 aliphatic carbocycles. The lowest BCUT2D eigenvalue weighted by molar-refractivity contribution is 0.0906. The van der Waals surface area contributed by atoms with E-state index < -0.39 is 0 Å². The Morgan fingerprint density at radius 2 is 1.92 bits per heavy atom. The Morgan fingerprint density at radius 3 is 2.69 bits per heavy atom. The summed E-state index contributed by atoms with van der Waals surface area (Å²) in [6.45, 7) is 6.69. The molecule has 0 radical (unpaired) electrons. The molecule has 0 amide bonds. The molecule has 36 heavy (non-hydrogen) atoms. The Morgan fingerprint density at radius 1 is 1.08 bits per heavy atom. The zero-order valence-corrected chi connectivity index (χ0v) is 20.5. The highest BCUT2D eigenvalue weighted by Gasteiger charge is 2.33. The summed E-state index contributed by atoms with van der Waals surface area (Å²) >= 11 is 0. The minimum atomic E-state index is -0.353. The standard InChI is InChI=1S/C27H31N7O2/c1-19-9-10-20-17-23(27(35)28-24(20)16-19)25(26-29-30-31-34(26)18-22-8-5-15-36-22)33-13-11-32(12-14-33)21-6-3-2-4-7-21/h2-4,6-7,9-10,16-17,22,25H,5,8,11-15,18H2,1H3,(H,28,35)/t22-,25-/m0/s1. The van der Waals surface area contributed by atoms with E-state index in [1.54, 1.807) is 0 Å². The maximum atomic E-state index is 13.5. The first-order valence-corrected chi connectivity index (χ1v) is 12.7. The average molecular weight is 486 g/mol. The van der Waals surface area contributed by atoms with Crippen LogP contribution in [0, 0.1) is 6.92 Å². The first-order valence-electron chi connectivity index (χ1n) is 12.7. The van der Waals surface area contributed by atoms with Crippen molar-refractivity contribution >= 4 is 16.6 Å². The molecule has 2 saturated heterocycles. The number of fused-ring (bicyclic) bond motifs is 1. The van der Waals surface area contributed by atoms with Crippen LogP contribution in [0.25, 0.3) is 10.9 Å². The second kappa shape index (κ2) is 9.83. The van der Waals surface area contributed by atoms with Crippen LogP contribution in [-0.4, -0.2) is 69.0 Å². The molecule has 2 aliphatic rings. The van der Waals surface area contributed by atoms with Gasteiger partial charge in [0, 0.05) is 49.6 Å². The van der Waals surface area contributed by atoms with Crippen molar-refractivity contribution in [2.45, 2.75) is 38.5 Å². The van der Waals surface area contributed by atoms with Crippen molar-refractivity contribution in [3.05, 3.63) is 81.9 Å². The molecule has 0 spiro atoms. The molecule has 0 saturated carbocycles. The molecule has 2 atom stereocenters. The molecule has 4 heterocycles. The monoisotopic (exact) mass is 485 g/mol. The molecule has 0 unspecified atom stereocenters. The summed E-state index contributed by atoms with van der Waals surface area (Å²) in [6, 6.07) is 18.3. The molecular weight excluding hydrogens is 454 g/mol. The van der Waals surface area contributed by atoms with Crippen molar-refractivity contribution < 1.29 is 4.74 Å². The van der Waals surface area contributed by atoms with E-state index in [-0.39, 0.29) is 17.7 Å². The topological polar surface area (TPSA) is 92.2 Å². The Bertz CT molecular complexity index is 1390. The minimum Gasteiger partial charge on any atom is -0.376 e. The zero-order chi connectivity index (χ0) is 24.5. The van der Waals surface area contributed by atoms with Gasteiger partial charge < -0.3 is 14.6 Å². The molecular formula is C27H31N7O2. The van der Waals surface area contributed by atoms with Gasteiger partial charge in [0.2, 0.25) is 0 Å². The summed E-state index contributed by atoms with van der Waals surface area (Å²) < 4.78 is 7.70. The van der Waals surface area contributed by atoms with Crippen molar-refractivity contribution in [2.24, 2.45) is 0 Å². The van der Waals surface area contributed by atoms with Gasteiger partial charge in [-0.15, -0.1) is 5.10 Å². The number of pyridine rings is 1. The number of para-hydroxylation sites is 1. The lowest BCUT2D eigenvalue weighted by Crippen LogP contribution is -2.49. The third-order valence-electron chi connectivity index (χ3n) is 7.33. The fraction of sp³-hybridized carbons (Fsp3) is 0.407. The van der Waals surface area contributed by atoms with Crippen molar-refractivity contribution in [1.82, 2.24) is 30.1 Å². The van der Waals surface area contributed by atoms with Crippen molar-refractivity contribution in [3.63, 3.8) is 0 Å². The predicted octanol–water partition coefficient (Wildman–Crippen LogP) is 2.91. The molecule has 2 fully saturated rings. The second-order valence-corrected chi connectivity index (χ2v) is 9.76. The van der Waals surface area contributed by atoms with Gasteiger partial charge in [0.25, 0.3) is 5.56 Å². The SMILES string of the molecule is Cc1ccc2cc([C@@H](c3nnnn3C[C@@H]3CCCO3)N3CCN(c4ccccc4)CC3)c(=O)[nH]c2c1. The summed E-state index contributed by atoms with van der Waals surface area (Å²) in [5.41, 5.74) is 3.74. The summed E-state index contributed by atoms with van der Waals surface area (Å²) in [4.78, 5) is 21.3. The van der Waals surface area contributed by atoms with Crippen molar-refractivity contribution in [1.29, 1.82) is 0 Å². The third-order valence-corrected chi connectivity index (χ3v) is 7.33. The molecule has 6 rings (SSSR count). The van der Waals surface area contributed by atoms with Crippen LogP contribution < -0.4 is 10.5 Å². The van der Waals surface area contributed by atoms with Gasteiger partial charge in [0.05, 0.1) is 12.6 Å². The number of nitrogens with one attached hydrogen (secondary N) is 1. The first-order chi connectivity index (χ1) is 17.7. The Kier molecular flexibility index (Phi) is 6.25. The average Bonchev–Trinajstić information content (AvgIpc) is 3.58. The number of aryl methyl sites for hydroxylation is 1. The smallest absolute Gasteiger partial charge is 0.253 e. The first kappa shape index (κ1) is 22.9. The number of nitrogens with zero attached hydrogens (tertiary/aromatic N) is 6. The summed E-state index contributed by atoms with van der Waals surface area (Å²) in [5.74, 6) is 0.690.